The lowest BCUT2D eigenvalue weighted by Crippen LogP contribution is -2.20. The number of rotatable bonds is 6. The lowest BCUT2D eigenvalue weighted by Gasteiger charge is -2.09. The molecule has 0 aliphatic rings. The fraction of sp³-hybridized carbons (Fsp3) is 0.278. The maximum atomic E-state index is 12.3. The molecule has 3 rings (SSSR count). The number of hydrogen-bond donors (Lipinski definition) is 1. The van der Waals surface area contributed by atoms with Crippen LogP contribution in [0.3, 0.4) is 0 Å². The van der Waals surface area contributed by atoms with Crippen LogP contribution in [0.1, 0.15) is 22.6 Å². The Bertz CT molecular complexity index is 1000. The summed E-state index contributed by atoms with van der Waals surface area (Å²) in [6, 6.07) is 10.8. The maximum Gasteiger partial charge on any atom is 0.390 e. The van der Waals surface area contributed by atoms with Gasteiger partial charge in [0.05, 0.1) is 29.1 Å². The van der Waals surface area contributed by atoms with Gasteiger partial charge in [0.15, 0.2) is 0 Å². The average Bonchev–Trinajstić information content (AvgIpc) is 3.10. The molecule has 9 heteroatoms. The SMILES string of the molecule is Cc1cc(C)n(Cc2cccc(NC(=O)Cn3nc([N+](=O)[O-])cc3C)c2)n1. The number of amides is 1. The van der Waals surface area contributed by atoms with Crippen molar-refractivity contribution in [2.45, 2.75) is 33.9 Å². The Hall–Kier alpha value is -3.49. The number of carbonyl (C=O) groups excluding carboxylic acids is 1. The first-order valence-electron chi connectivity index (χ1n) is 8.40. The summed E-state index contributed by atoms with van der Waals surface area (Å²) in [5.74, 6) is -0.577. The number of nitrogens with zero attached hydrogens (tertiary/aromatic N) is 5. The van der Waals surface area contributed by atoms with Gasteiger partial charge in [0.25, 0.3) is 0 Å². The highest BCUT2D eigenvalue weighted by Crippen LogP contribution is 2.14. The normalized spacial score (nSPS) is 10.8. The smallest absolute Gasteiger partial charge is 0.358 e. The summed E-state index contributed by atoms with van der Waals surface area (Å²) >= 11 is 0. The number of anilines is 1. The monoisotopic (exact) mass is 368 g/mol. The van der Waals surface area contributed by atoms with Gasteiger partial charge in [-0.1, -0.05) is 12.1 Å². The van der Waals surface area contributed by atoms with E-state index in [1.54, 1.807) is 13.0 Å². The van der Waals surface area contributed by atoms with E-state index >= 15 is 0 Å². The van der Waals surface area contributed by atoms with Crippen LogP contribution in [0.15, 0.2) is 36.4 Å². The molecule has 2 heterocycles. The molecule has 0 fully saturated rings. The van der Waals surface area contributed by atoms with Gasteiger partial charge in [0.1, 0.15) is 6.54 Å². The number of nitro groups is 1. The number of aromatic nitrogens is 4. The number of nitrogens with one attached hydrogen (secondary N) is 1. The minimum atomic E-state index is -0.580. The molecule has 0 saturated heterocycles. The van der Waals surface area contributed by atoms with Crippen LogP contribution in [-0.4, -0.2) is 30.4 Å². The minimum Gasteiger partial charge on any atom is -0.358 e. The zero-order valence-corrected chi connectivity index (χ0v) is 15.3. The minimum absolute atomic E-state index is 0.0959. The van der Waals surface area contributed by atoms with E-state index in [-0.39, 0.29) is 18.3 Å². The van der Waals surface area contributed by atoms with Crippen LogP contribution in [-0.2, 0) is 17.9 Å². The van der Waals surface area contributed by atoms with Crippen molar-refractivity contribution in [3.8, 4) is 0 Å². The van der Waals surface area contributed by atoms with Crippen molar-refractivity contribution in [3.63, 3.8) is 0 Å². The van der Waals surface area contributed by atoms with Crippen molar-refractivity contribution in [1.82, 2.24) is 19.6 Å². The van der Waals surface area contributed by atoms with Crippen molar-refractivity contribution >= 4 is 17.4 Å². The molecule has 0 unspecified atom stereocenters. The largest absolute Gasteiger partial charge is 0.390 e. The predicted molar refractivity (Wildman–Crippen MR) is 99.5 cm³/mol. The summed E-state index contributed by atoms with van der Waals surface area (Å²) < 4.78 is 3.22. The van der Waals surface area contributed by atoms with Gasteiger partial charge in [-0.3, -0.25) is 9.48 Å². The lowest BCUT2D eigenvalue weighted by atomic mass is 10.2. The van der Waals surface area contributed by atoms with Gasteiger partial charge in [-0.25, -0.2) is 0 Å². The lowest BCUT2D eigenvalue weighted by molar-refractivity contribution is -0.389. The molecule has 27 heavy (non-hydrogen) atoms. The van der Waals surface area contributed by atoms with Gasteiger partial charge in [-0.2, -0.15) is 9.78 Å². The van der Waals surface area contributed by atoms with E-state index in [4.69, 9.17) is 0 Å². The fourth-order valence-corrected chi connectivity index (χ4v) is 2.83. The van der Waals surface area contributed by atoms with Gasteiger partial charge < -0.3 is 15.4 Å². The summed E-state index contributed by atoms with van der Waals surface area (Å²) in [5.41, 5.74) is 4.23. The summed E-state index contributed by atoms with van der Waals surface area (Å²) in [6.45, 7) is 6.12. The Morgan fingerprint density at radius 3 is 2.48 bits per heavy atom. The Morgan fingerprint density at radius 1 is 1.11 bits per heavy atom. The van der Waals surface area contributed by atoms with Crippen LogP contribution in [0.4, 0.5) is 11.5 Å². The quantitative estimate of drug-likeness (QED) is 0.531. The molecule has 0 aliphatic heterocycles. The van der Waals surface area contributed by atoms with E-state index in [9.17, 15) is 14.9 Å². The number of aryl methyl sites for hydroxylation is 3. The fourth-order valence-electron chi connectivity index (χ4n) is 2.83. The van der Waals surface area contributed by atoms with E-state index < -0.39 is 4.92 Å². The highest BCUT2D eigenvalue weighted by molar-refractivity contribution is 5.90. The second-order valence-electron chi connectivity index (χ2n) is 6.39. The molecule has 1 N–H and O–H groups in total. The van der Waals surface area contributed by atoms with E-state index in [2.05, 4.69) is 15.5 Å². The molecular weight excluding hydrogens is 348 g/mol. The molecule has 0 atom stereocenters. The summed E-state index contributed by atoms with van der Waals surface area (Å²) in [6.07, 6.45) is 0. The average molecular weight is 368 g/mol. The molecular formula is C18H20N6O3. The third-order valence-electron chi connectivity index (χ3n) is 4.10. The van der Waals surface area contributed by atoms with Crippen LogP contribution in [0.25, 0.3) is 0 Å². The van der Waals surface area contributed by atoms with Gasteiger partial charge in [0, 0.05) is 11.4 Å². The van der Waals surface area contributed by atoms with Crippen LogP contribution in [0.2, 0.25) is 0 Å². The molecule has 1 amide bonds. The second kappa shape index (κ2) is 7.40. The first kappa shape index (κ1) is 18.3. The maximum absolute atomic E-state index is 12.3. The third kappa shape index (κ3) is 4.38. The molecule has 0 saturated carbocycles. The summed E-state index contributed by atoms with van der Waals surface area (Å²) in [4.78, 5) is 22.5. The zero-order valence-electron chi connectivity index (χ0n) is 15.3. The van der Waals surface area contributed by atoms with Crippen molar-refractivity contribution in [2.75, 3.05) is 5.32 Å². The molecule has 0 bridgehead atoms. The zero-order chi connectivity index (χ0) is 19.6. The van der Waals surface area contributed by atoms with E-state index in [1.165, 1.54) is 10.7 Å². The molecule has 0 radical (unpaired) electrons. The molecule has 2 aromatic heterocycles. The number of carbonyl (C=O) groups is 1. The van der Waals surface area contributed by atoms with Gasteiger partial charge in [-0.15, -0.1) is 0 Å². The Labute approximate surface area is 155 Å². The molecule has 1 aromatic carbocycles. The Balaban J connectivity index is 1.68. The van der Waals surface area contributed by atoms with E-state index in [1.807, 2.05) is 42.8 Å². The second-order valence-corrected chi connectivity index (χ2v) is 6.39. The van der Waals surface area contributed by atoms with Crippen molar-refractivity contribution in [3.05, 3.63) is 69.2 Å². The van der Waals surface area contributed by atoms with Gasteiger partial charge in [-0.05, 0) is 49.5 Å². The first-order valence-corrected chi connectivity index (χ1v) is 8.40. The van der Waals surface area contributed by atoms with Crippen LogP contribution in [0.5, 0.6) is 0 Å². The topological polar surface area (TPSA) is 108 Å². The van der Waals surface area contributed by atoms with Gasteiger partial charge >= 0.3 is 5.82 Å². The Morgan fingerprint density at radius 2 is 1.85 bits per heavy atom. The van der Waals surface area contributed by atoms with E-state index in [0.29, 0.717) is 17.9 Å². The first-order chi connectivity index (χ1) is 12.8. The molecule has 0 aliphatic carbocycles. The third-order valence-corrected chi connectivity index (χ3v) is 4.10. The number of hydrogen-bond acceptors (Lipinski definition) is 5. The summed E-state index contributed by atoms with van der Waals surface area (Å²) in [5, 5.41) is 21.8. The predicted octanol–water partition coefficient (Wildman–Crippen LogP) is 2.60. The highest BCUT2D eigenvalue weighted by atomic mass is 16.6. The molecule has 140 valence electrons. The summed E-state index contributed by atoms with van der Waals surface area (Å²) in [7, 11) is 0. The number of benzene rings is 1. The van der Waals surface area contributed by atoms with Crippen LogP contribution < -0.4 is 5.32 Å². The highest BCUT2D eigenvalue weighted by Gasteiger charge is 2.17. The van der Waals surface area contributed by atoms with Crippen molar-refractivity contribution in [1.29, 1.82) is 0 Å². The van der Waals surface area contributed by atoms with Crippen LogP contribution >= 0.6 is 0 Å². The molecule has 9 nitrogen and oxygen atoms in total. The van der Waals surface area contributed by atoms with Crippen molar-refractivity contribution in [2.24, 2.45) is 0 Å². The van der Waals surface area contributed by atoms with Crippen LogP contribution in [0, 0.1) is 30.9 Å². The standard InChI is InChI=1S/C18H20N6O3/c1-12-7-13(2)22(20-12)10-15-5-4-6-16(9-15)19-18(25)11-23-14(3)8-17(21-23)24(26)27/h4-9H,10-11H2,1-3H3,(H,19,25). The van der Waals surface area contributed by atoms with E-state index in [0.717, 1.165) is 17.0 Å². The Kier molecular flexibility index (Phi) is 5.02. The molecule has 3 aromatic rings. The van der Waals surface area contributed by atoms with Gasteiger partial charge in [0.2, 0.25) is 5.91 Å². The van der Waals surface area contributed by atoms with Crippen molar-refractivity contribution < 1.29 is 9.72 Å². The molecule has 0 spiro atoms.